The number of nitrogen functional groups attached to an aromatic ring is 1. The van der Waals surface area contributed by atoms with Gasteiger partial charge in [-0.1, -0.05) is 13.8 Å². The molecule has 108 valence electrons. The number of nitrogens with zero attached hydrogens (tertiary/aromatic N) is 1. The monoisotopic (exact) mass is 285 g/mol. The Hall–Kier alpha value is -1.30. The maximum absolute atomic E-state index is 11.8. The van der Waals surface area contributed by atoms with Gasteiger partial charge in [-0.25, -0.2) is 9.78 Å². The smallest absolute Gasteiger partial charge is 0.408 e. The predicted octanol–water partition coefficient (Wildman–Crippen LogP) is 3.34. The SMILES string of the molecule is CC(C)C[C@H](NC(=O)OC(C)(C)C)c1csc(N)n1. The summed E-state index contributed by atoms with van der Waals surface area (Å²) in [5, 5.41) is 5.25. The highest BCUT2D eigenvalue weighted by Gasteiger charge is 2.22. The number of rotatable bonds is 4. The van der Waals surface area contributed by atoms with Crippen LogP contribution in [0.3, 0.4) is 0 Å². The first-order chi connectivity index (χ1) is 8.67. The minimum atomic E-state index is -0.506. The van der Waals surface area contributed by atoms with E-state index in [4.69, 9.17) is 10.5 Å². The molecule has 1 heterocycles. The van der Waals surface area contributed by atoms with Crippen LogP contribution in [0, 0.1) is 5.92 Å². The first-order valence-corrected chi connectivity index (χ1v) is 7.25. The molecule has 0 saturated carbocycles. The van der Waals surface area contributed by atoms with Gasteiger partial charge in [0.2, 0.25) is 0 Å². The van der Waals surface area contributed by atoms with E-state index in [1.54, 1.807) is 0 Å². The van der Waals surface area contributed by atoms with E-state index in [2.05, 4.69) is 24.1 Å². The molecule has 0 aliphatic heterocycles. The largest absolute Gasteiger partial charge is 0.444 e. The van der Waals surface area contributed by atoms with Gasteiger partial charge in [-0.2, -0.15) is 0 Å². The summed E-state index contributed by atoms with van der Waals surface area (Å²) in [6.45, 7) is 9.71. The fourth-order valence-corrected chi connectivity index (χ4v) is 2.25. The number of anilines is 1. The third kappa shape index (κ3) is 5.92. The lowest BCUT2D eigenvalue weighted by Crippen LogP contribution is -2.35. The Kier molecular flexibility index (Phi) is 5.17. The molecule has 0 radical (unpaired) electrons. The number of hydrogen-bond donors (Lipinski definition) is 2. The number of carbonyl (C=O) groups excluding carboxylic acids is 1. The number of alkyl carbamates (subject to hydrolysis) is 1. The van der Waals surface area contributed by atoms with Crippen molar-refractivity contribution in [3.8, 4) is 0 Å². The number of thiazole rings is 1. The molecule has 0 aliphatic carbocycles. The van der Waals surface area contributed by atoms with Gasteiger partial charge in [-0.3, -0.25) is 0 Å². The van der Waals surface area contributed by atoms with Gasteiger partial charge in [-0.05, 0) is 33.1 Å². The molecule has 0 bridgehead atoms. The Bertz CT molecular complexity index is 424. The van der Waals surface area contributed by atoms with Gasteiger partial charge in [-0.15, -0.1) is 11.3 Å². The standard InChI is InChI=1S/C13H23N3O2S/c1-8(2)6-9(10-7-19-11(14)15-10)16-12(17)18-13(3,4)5/h7-9H,6H2,1-5H3,(H2,14,15)(H,16,17)/t9-/m0/s1. The molecule has 0 aromatic carbocycles. The van der Waals surface area contributed by atoms with Gasteiger partial charge in [0.1, 0.15) is 5.60 Å². The summed E-state index contributed by atoms with van der Waals surface area (Å²) < 4.78 is 5.27. The maximum Gasteiger partial charge on any atom is 0.408 e. The van der Waals surface area contributed by atoms with Crippen LogP contribution in [-0.4, -0.2) is 16.7 Å². The molecule has 1 aromatic rings. The Morgan fingerprint density at radius 2 is 2.16 bits per heavy atom. The van der Waals surface area contributed by atoms with E-state index in [1.807, 2.05) is 26.2 Å². The molecule has 6 heteroatoms. The van der Waals surface area contributed by atoms with Crippen molar-refractivity contribution in [2.45, 2.75) is 52.7 Å². The van der Waals surface area contributed by atoms with Crippen LogP contribution in [0.25, 0.3) is 0 Å². The van der Waals surface area contributed by atoms with Crippen molar-refractivity contribution in [3.63, 3.8) is 0 Å². The normalized spacial score (nSPS) is 13.4. The van der Waals surface area contributed by atoms with Crippen molar-refractivity contribution in [1.29, 1.82) is 0 Å². The number of amides is 1. The van der Waals surface area contributed by atoms with Gasteiger partial charge in [0.25, 0.3) is 0 Å². The molecule has 0 saturated heterocycles. The third-order valence-electron chi connectivity index (χ3n) is 2.29. The van der Waals surface area contributed by atoms with Crippen LogP contribution in [0.2, 0.25) is 0 Å². The van der Waals surface area contributed by atoms with Gasteiger partial charge < -0.3 is 15.8 Å². The zero-order valence-corrected chi connectivity index (χ0v) is 13.0. The lowest BCUT2D eigenvalue weighted by molar-refractivity contribution is 0.0496. The summed E-state index contributed by atoms with van der Waals surface area (Å²) in [5.41, 5.74) is 5.93. The molecule has 19 heavy (non-hydrogen) atoms. The lowest BCUT2D eigenvalue weighted by atomic mass is 10.0. The zero-order valence-electron chi connectivity index (χ0n) is 12.2. The number of nitrogens with one attached hydrogen (secondary N) is 1. The predicted molar refractivity (Wildman–Crippen MR) is 78.1 cm³/mol. The van der Waals surface area contributed by atoms with Crippen molar-refractivity contribution in [1.82, 2.24) is 10.3 Å². The van der Waals surface area contributed by atoms with Gasteiger partial charge in [0, 0.05) is 5.38 Å². The zero-order chi connectivity index (χ0) is 14.6. The summed E-state index contributed by atoms with van der Waals surface area (Å²) in [4.78, 5) is 16.1. The summed E-state index contributed by atoms with van der Waals surface area (Å²) in [6.07, 6.45) is 0.368. The number of hydrogen-bond acceptors (Lipinski definition) is 5. The highest BCUT2D eigenvalue weighted by molar-refractivity contribution is 7.13. The first kappa shape index (κ1) is 15.8. The Morgan fingerprint density at radius 3 is 2.58 bits per heavy atom. The molecule has 0 fully saturated rings. The fraction of sp³-hybridized carbons (Fsp3) is 0.692. The highest BCUT2D eigenvalue weighted by atomic mass is 32.1. The van der Waals surface area contributed by atoms with E-state index in [0.717, 1.165) is 12.1 Å². The second-order valence-electron chi connectivity index (χ2n) is 5.94. The van der Waals surface area contributed by atoms with Crippen molar-refractivity contribution in [3.05, 3.63) is 11.1 Å². The van der Waals surface area contributed by atoms with E-state index in [9.17, 15) is 4.79 Å². The molecule has 1 rings (SSSR count). The van der Waals surface area contributed by atoms with Crippen LogP contribution in [-0.2, 0) is 4.74 Å². The van der Waals surface area contributed by atoms with Crippen LogP contribution in [0.5, 0.6) is 0 Å². The first-order valence-electron chi connectivity index (χ1n) is 6.38. The topological polar surface area (TPSA) is 77.2 Å². The van der Waals surface area contributed by atoms with E-state index in [-0.39, 0.29) is 6.04 Å². The molecular weight excluding hydrogens is 262 g/mol. The number of ether oxygens (including phenoxy) is 1. The van der Waals surface area contributed by atoms with E-state index >= 15 is 0 Å². The molecule has 1 amide bonds. The van der Waals surface area contributed by atoms with Crippen molar-refractivity contribution in [2.24, 2.45) is 5.92 Å². The average molecular weight is 285 g/mol. The lowest BCUT2D eigenvalue weighted by Gasteiger charge is -2.23. The van der Waals surface area contributed by atoms with Crippen LogP contribution in [0.1, 0.15) is 52.8 Å². The molecular formula is C13H23N3O2S. The van der Waals surface area contributed by atoms with Crippen LogP contribution >= 0.6 is 11.3 Å². The molecule has 5 nitrogen and oxygen atoms in total. The fourth-order valence-electron chi connectivity index (χ4n) is 1.64. The molecule has 0 aliphatic rings. The van der Waals surface area contributed by atoms with Crippen LogP contribution in [0.4, 0.5) is 9.93 Å². The second kappa shape index (κ2) is 6.23. The quantitative estimate of drug-likeness (QED) is 0.889. The summed E-state index contributed by atoms with van der Waals surface area (Å²) in [5.74, 6) is 0.433. The molecule has 3 N–H and O–H groups in total. The minimum Gasteiger partial charge on any atom is -0.444 e. The highest BCUT2D eigenvalue weighted by Crippen LogP contribution is 2.24. The molecule has 0 unspecified atom stereocenters. The minimum absolute atomic E-state index is 0.164. The van der Waals surface area contributed by atoms with E-state index in [1.165, 1.54) is 11.3 Å². The Labute approximate surface area is 118 Å². The van der Waals surface area contributed by atoms with Gasteiger partial charge in [0.05, 0.1) is 11.7 Å². The summed E-state index contributed by atoms with van der Waals surface area (Å²) in [7, 11) is 0. The average Bonchev–Trinajstić information content (AvgIpc) is 2.60. The van der Waals surface area contributed by atoms with Crippen molar-refractivity contribution < 1.29 is 9.53 Å². The molecule has 0 spiro atoms. The van der Waals surface area contributed by atoms with Crippen LogP contribution in [0.15, 0.2) is 5.38 Å². The molecule has 1 atom stereocenters. The maximum atomic E-state index is 11.8. The Morgan fingerprint density at radius 1 is 1.53 bits per heavy atom. The van der Waals surface area contributed by atoms with Crippen LogP contribution < -0.4 is 11.1 Å². The summed E-state index contributed by atoms with van der Waals surface area (Å²) in [6, 6.07) is -0.164. The third-order valence-corrected chi connectivity index (χ3v) is 2.99. The van der Waals surface area contributed by atoms with E-state index in [0.29, 0.717) is 11.0 Å². The number of carbonyl (C=O) groups is 1. The second-order valence-corrected chi connectivity index (χ2v) is 6.83. The van der Waals surface area contributed by atoms with Crippen molar-refractivity contribution in [2.75, 3.05) is 5.73 Å². The number of nitrogens with two attached hydrogens (primary N) is 1. The number of aromatic nitrogens is 1. The summed E-state index contributed by atoms with van der Waals surface area (Å²) >= 11 is 1.37. The molecule has 1 aromatic heterocycles. The Balaban J connectivity index is 2.73. The van der Waals surface area contributed by atoms with Gasteiger partial charge >= 0.3 is 6.09 Å². The van der Waals surface area contributed by atoms with Crippen molar-refractivity contribution >= 4 is 22.6 Å². The van der Waals surface area contributed by atoms with E-state index < -0.39 is 11.7 Å². The van der Waals surface area contributed by atoms with Gasteiger partial charge in [0.15, 0.2) is 5.13 Å².